The molecule has 2 nitrogen and oxygen atoms in total. The largest absolute Gasteiger partial charge is 0.310 e. The number of hydrogen-bond acceptors (Lipinski definition) is 2. The maximum Gasteiger partial charge on any atom is 0.0464 e. The Morgan fingerprint density at radius 3 is 0.700 bits per heavy atom. The highest BCUT2D eigenvalue weighted by Crippen LogP contribution is 2.39. The van der Waals surface area contributed by atoms with E-state index in [-0.39, 0.29) is 0 Å². The summed E-state index contributed by atoms with van der Waals surface area (Å²) in [7, 11) is 0. The Bertz CT molecular complexity index is 3600. The van der Waals surface area contributed by atoms with Crippen LogP contribution in [0.4, 0.5) is 34.1 Å². The summed E-state index contributed by atoms with van der Waals surface area (Å²) < 4.78 is 0. The highest BCUT2D eigenvalue weighted by Gasteiger charge is 2.16. The van der Waals surface area contributed by atoms with E-state index >= 15 is 0 Å². The van der Waals surface area contributed by atoms with Gasteiger partial charge in [0, 0.05) is 34.1 Å². The Labute approximate surface area is 473 Å². The third-order valence-electron chi connectivity index (χ3n) is 14.9. The van der Waals surface area contributed by atoms with Gasteiger partial charge in [-0.3, -0.25) is 0 Å². The first-order valence-corrected chi connectivity index (χ1v) is 27.5. The van der Waals surface area contributed by atoms with Crippen LogP contribution in [0.1, 0.15) is 77.9 Å². The molecule has 0 bridgehead atoms. The first-order valence-electron chi connectivity index (χ1n) is 27.5. The van der Waals surface area contributed by atoms with Gasteiger partial charge in [-0.05, 0) is 202 Å². The van der Waals surface area contributed by atoms with Gasteiger partial charge in [-0.2, -0.15) is 0 Å². The molecule has 0 aromatic heterocycles. The summed E-state index contributed by atoms with van der Waals surface area (Å²) in [6.45, 7) is 8.71. The van der Waals surface area contributed by atoms with Crippen molar-refractivity contribution >= 4 is 81.7 Å². The van der Waals surface area contributed by atoms with E-state index in [1.54, 1.807) is 0 Å². The maximum absolute atomic E-state index is 2.34. The first-order chi connectivity index (χ1) is 39.3. The minimum absolute atomic E-state index is 1.10. The van der Waals surface area contributed by atoms with Gasteiger partial charge in [0.05, 0.1) is 0 Å². The lowest BCUT2D eigenvalue weighted by molar-refractivity contribution is 1.25. The molecule has 0 spiro atoms. The minimum Gasteiger partial charge on any atom is -0.310 e. The molecular formula is C78H64N2. The Kier molecular flexibility index (Phi) is 16.0. The van der Waals surface area contributed by atoms with E-state index in [1.807, 2.05) is 0 Å². The van der Waals surface area contributed by atoms with Crippen LogP contribution < -0.4 is 9.80 Å². The molecule has 0 N–H and O–H groups in total. The van der Waals surface area contributed by atoms with Gasteiger partial charge >= 0.3 is 0 Å². The second-order valence-corrected chi connectivity index (χ2v) is 20.5. The van der Waals surface area contributed by atoms with E-state index < -0.39 is 0 Å². The van der Waals surface area contributed by atoms with E-state index in [0.717, 1.165) is 67.5 Å². The van der Waals surface area contributed by atoms with Crippen LogP contribution in [0.2, 0.25) is 0 Å². The first kappa shape index (κ1) is 52.1. The van der Waals surface area contributed by atoms with Crippen LogP contribution in [0.3, 0.4) is 0 Å². The molecule has 0 aliphatic heterocycles. The fraction of sp³-hybridized carbons (Fsp3) is 0.0513. The van der Waals surface area contributed by atoms with Gasteiger partial charge in [-0.25, -0.2) is 0 Å². The quantitative estimate of drug-likeness (QED) is 0.0890. The van der Waals surface area contributed by atoms with Crippen LogP contribution in [0.15, 0.2) is 279 Å². The molecule has 0 atom stereocenters. The molecule has 0 saturated heterocycles. The molecule has 386 valence electrons. The SMILES string of the molecule is Cc1ccc(N(c2ccc(C=C(c3ccccc3)c3ccccc3)cc2)c2ccc(/C=C/c3ccc(/C=C/c4ccc(N(c5ccc(C=C(c6ccccc6)c6ccccc6)cc5)c5ccc(C)c(C)c5)cc4)cc3)cc2)cc1C. The van der Waals surface area contributed by atoms with Crippen molar-refractivity contribution in [2.45, 2.75) is 27.7 Å². The van der Waals surface area contributed by atoms with Crippen LogP contribution in [-0.4, -0.2) is 0 Å². The second kappa shape index (κ2) is 24.5. The lowest BCUT2D eigenvalue weighted by atomic mass is 9.95. The highest BCUT2D eigenvalue weighted by molar-refractivity contribution is 5.93. The fourth-order valence-electron chi connectivity index (χ4n) is 10.1. The number of aryl methyl sites for hydroxylation is 4. The van der Waals surface area contributed by atoms with Crippen LogP contribution in [0.25, 0.3) is 47.6 Å². The van der Waals surface area contributed by atoms with E-state index in [2.05, 4.69) is 353 Å². The normalized spacial score (nSPS) is 11.2. The third-order valence-corrected chi connectivity index (χ3v) is 14.9. The Morgan fingerprint density at radius 1 is 0.225 bits per heavy atom. The van der Waals surface area contributed by atoms with Crippen molar-refractivity contribution in [3.8, 4) is 0 Å². The molecule has 0 amide bonds. The number of hydrogen-bond donors (Lipinski definition) is 0. The molecule has 80 heavy (non-hydrogen) atoms. The predicted molar refractivity (Wildman–Crippen MR) is 345 cm³/mol. The zero-order valence-corrected chi connectivity index (χ0v) is 45.9. The molecule has 0 saturated carbocycles. The second-order valence-electron chi connectivity index (χ2n) is 20.5. The monoisotopic (exact) mass is 1030 g/mol. The summed E-state index contributed by atoms with van der Waals surface area (Å²) in [6, 6.07) is 100. The van der Waals surface area contributed by atoms with E-state index in [1.165, 1.54) is 55.7 Å². The summed E-state index contributed by atoms with van der Waals surface area (Å²) in [5.74, 6) is 0. The van der Waals surface area contributed by atoms with Crippen molar-refractivity contribution in [2.24, 2.45) is 0 Å². The molecule has 0 unspecified atom stereocenters. The Morgan fingerprint density at radius 2 is 0.450 bits per heavy atom. The maximum atomic E-state index is 2.34. The molecule has 11 aromatic rings. The molecule has 0 aliphatic rings. The van der Waals surface area contributed by atoms with Crippen molar-refractivity contribution in [1.29, 1.82) is 0 Å². The smallest absolute Gasteiger partial charge is 0.0464 e. The van der Waals surface area contributed by atoms with Gasteiger partial charge in [0.1, 0.15) is 0 Å². The van der Waals surface area contributed by atoms with Gasteiger partial charge in [0.2, 0.25) is 0 Å². The van der Waals surface area contributed by atoms with Gasteiger partial charge in [0.15, 0.2) is 0 Å². The van der Waals surface area contributed by atoms with Gasteiger partial charge in [0.25, 0.3) is 0 Å². The topological polar surface area (TPSA) is 6.48 Å². The Balaban J connectivity index is 0.779. The molecule has 0 heterocycles. The van der Waals surface area contributed by atoms with Crippen LogP contribution in [0, 0.1) is 27.7 Å². The molecular weight excluding hydrogens is 965 g/mol. The summed E-state index contributed by atoms with van der Waals surface area (Å²) in [5, 5.41) is 0. The Hall–Kier alpha value is -10.0. The molecule has 2 heteroatoms. The van der Waals surface area contributed by atoms with Gasteiger partial charge in [-0.15, -0.1) is 0 Å². The number of benzene rings is 11. The van der Waals surface area contributed by atoms with Crippen LogP contribution in [0.5, 0.6) is 0 Å². The molecule has 11 aromatic carbocycles. The molecule has 0 fully saturated rings. The van der Waals surface area contributed by atoms with Crippen LogP contribution >= 0.6 is 0 Å². The molecule has 11 rings (SSSR count). The summed E-state index contributed by atoms with van der Waals surface area (Å²) in [5.41, 5.74) is 25.8. The lowest BCUT2D eigenvalue weighted by Gasteiger charge is -2.26. The van der Waals surface area contributed by atoms with Gasteiger partial charge < -0.3 is 9.80 Å². The van der Waals surface area contributed by atoms with Gasteiger partial charge in [-0.1, -0.05) is 231 Å². The lowest BCUT2D eigenvalue weighted by Crippen LogP contribution is -2.10. The number of anilines is 6. The van der Waals surface area contributed by atoms with Crippen molar-refractivity contribution in [3.05, 3.63) is 357 Å². The van der Waals surface area contributed by atoms with Crippen molar-refractivity contribution in [1.82, 2.24) is 0 Å². The van der Waals surface area contributed by atoms with E-state index in [4.69, 9.17) is 0 Å². The number of nitrogens with zero attached hydrogens (tertiary/aromatic N) is 2. The average molecular weight is 1030 g/mol. The molecule has 0 radical (unpaired) electrons. The van der Waals surface area contributed by atoms with Crippen LogP contribution in [-0.2, 0) is 0 Å². The van der Waals surface area contributed by atoms with Crippen molar-refractivity contribution in [2.75, 3.05) is 9.80 Å². The third kappa shape index (κ3) is 12.5. The average Bonchev–Trinajstić information content (AvgIpc) is 3.52. The summed E-state index contributed by atoms with van der Waals surface area (Å²) in [4.78, 5) is 4.69. The van der Waals surface area contributed by atoms with Crippen molar-refractivity contribution in [3.63, 3.8) is 0 Å². The summed E-state index contributed by atoms with van der Waals surface area (Å²) >= 11 is 0. The zero-order chi connectivity index (χ0) is 54.6. The summed E-state index contributed by atoms with van der Waals surface area (Å²) in [6.07, 6.45) is 13.3. The van der Waals surface area contributed by atoms with E-state index in [9.17, 15) is 0 Å². The standard InChI is InChI=1S/C78H64N2/c1-57-25-43-75(53-59(57)3)79(73-49-39-65(40-50-73)55-77(67-17-9-5-10-18-67)68-19-11-6-12-20-68)71-45-35-63(36-46-71)33-31-61-27-29-62(30-28-61)32-34-64-37-47-72(48-38-64)80(76-44-26-58(2)60(4)54-76)74-51-41-66(42-52-74)56-78(69-21-13-7-14-22-69)70-23-15-8-16-24-70/h5-56H,1-4H3/b33-31+,34-32+. The fourth-order valence-corrected chi connectivity index (χ4v) is 10.1. The zero-order valence-electron chi connectivity index (χ0n) is 45.9. The van der Waals surface area contributed by atoms with Crippen molar-refractivity contribution < 1.29 is 0 Å². The minimum atomic E-state index is 1.10. The molecule has 0 aliphatic carbocycles. The predicted octanol–water partition coefficient (Wildman–Crippen LogP) is 21.4. The highest BCUT2D eigenvalue weighted by atomic mass is 15.1. The van der Waals surface area contributed by atoms with E-state index in [0.29, 0.717) is 0 Å². The number of rotatable bonds is 16.